The molecule has 0 saturated carbocycles. The number of ether oxygens (including phenoxy) is 2. The Hall–Kier alpha value is -1.79. The molecule has 104 valence electrons. The molecule has 1 aliphatic heterocycles. The Morgan fingerprint density at radius 2 is 2.32 bits per heavy atom. The average molecular weight is 265 g/mol. The topological polar surface area (TPSA) is 90.8 Å². The molecular weight excluding hydrogens is 246 g/mol. The van der Waals surface area contributed by atoms with E-state index >= 15 is 0 Å². The van der Waals surface area contributed by atoms with E-state index in [-0.39, 0.29) is 11.9 Å². The second-order valence-corrected chi connectivity index (χ2v) is 4.58. The maximum atomic E-state index is 11.4. The number of primary amides is 1. The van der Waals surface area contributed by atoms with Gasteiger partial charge in [0.2, 0.25) is 5.91 Å². The Morgan fingerprint density at radius 3 is 3.00 bits per heavy atom. The molecule has 4 N–H and O–H groups in total. The molecule has 6 nitrogen and oxygen atoms in total. The molecule has 2 rings (SSSR count). The third kappa shape index (κ3) is 3.36. The number of carbonyl (C=O) groups excluding carboxylic acids is 1. The number of nitrogen functional groups attached to an aromatic ring is 1. The number of nitrogens with two attached hydrogens (primary N) is 2. The highest BCUT2D eigenvalue weighted by molar-refractivity contribution is 5.80. The molecule has 1 fully saturated rings. The molecule has 1 amide bonds. The fourth-order valence-corrected chi connectivity index (χ4v) is 2.22. The van der Waals surface area contributed by atoms with Crippen LogP contribution in [0.2, 0.25) is 0 Å². The molecule has 0 spiro atoms. The van der Waals surface area contributed by atoms with Crippen LogP contribution in [-0.2, 0) is 16.1 Å². The molecule has 1 unspecified atom stereocenters. The predicted molar refractivity (Wildman–Crippen MR) is 71.6 cm³/mol. The number of anilines is 1. The number of amides is 1. The average Bonchev–Trinajstić information content (AvgIpc) is 2.38. The quantitative estimate of drug-likeness (QED) is 0.746. The van der Waals surface area contributed by atoms with Crippen molar-refractivity contribution < 1.29 is 14.3 Å². The van der Waals surface area contributed by atoms with Gasteiger partial charge in [0.25, 0.3) is 0 Å². The summed E-state index contributed by atoms with van der Waals surface area (Å²) < 4.78 is 10.5. The van der Waals surface area contributed by atoms with E-state index < -0.39 is 0 Å². The van der Waals surface area contributed by atoms with Crippen LogP contribution in [0.15, 0.2) is 18.2 Å². The van der Waals surface area contributed by atoms with Crippen molar-refractivity contribution in [2.75, 3.05) is 32.6 Å². The van der Waals surface area contributed by atoms with Crippen LogP contribution < -0.4 is 16.2 Å². The summed E-state index contributed by atoms with van der Waals surface area (Å²) in [5.74, 6) is 0.342. The zero-order chi connectivity index (χ0) is 13.8. The molecule has 0 bridgehead atoms. The van der Waals surface area contributed by atoms with Crippen LogP contribution in [0.5, 0.6) is 5.75 Å². The molecule has 1 heterocycles. The van der Waals surface area contributed by atoms with Gasteiger partial charge < -0.3 is 20.9 Å². The predicted octanol–water partition coefficient (Wildman–Crippen LogP) is -0.0365. The highest BCUT2D eigenvalue weighted by Crippen LogP contribution is 2.21. The third-order valence-electron chi connectivity index (χ3n) is 3.18. The number of carbonyl (C=O) groups is 1. The standard InChI is InChI=1S/C13H19N3O3/c1-18-11-5-9(4-10(14)6-11)7-16-2-3-19-8-12(16)13(15)17/h4-6,12H,2-3,7-8,14H2,1H3,(H2,15,17). The molecule has 0 aliphatic carbocycles. The summed E-state index contributed by atoms with van der Waals surface area (Å²) in [5, 5.41) is 0. The smallest absolute Gasteiger partial charge is 0.237 e. The van der Waals surface area contributed by atoms with Gasteiger partial charge in [0.1, 0.15) is 11.8 Å². The number of rotatable bonds is 4. The van der Waals surface area contributed by atoms with Gasteiger partial charge in [-0.3, -0.25) is 9.69 Å². The monoisotopic (exact) mass is 265 g/mol. The molecular formula is C13H19N3O3. The van der Waals surface area contributed by atoms with E-state index in [0.29, 0.717) is 37.7 Å². The molecule has 1 aromatic rings. The van der Waals surface area contributed by atoms with Crippen LogP contribution in [-0.4, -0.2) is 43.7 Å². The maximum absolute atomic E-state index is 11.4. The highest BCUT2D eigenvalue weighted by Gasteiger charge is 2.27. The van der Waals surface area contributed by atoms with E-state index in [2.05, 4.69) is 0 Å². The SMILES string of the molecule is COc1cc(N)cc(CN2CCOCC2C(N)=O)c1. The van der Waals surface area contributed by atoms with Crippen molar-refractivity contribution >= 4 is 11.6 Å². The van der Waals surface area contributed by atoms with E-state index in [0.717, 1.165) is 5.56 Å². The first kappa shape index (κ1) is 13.6. The zero-order valence-electron chi connectivity index (χ0n) is 11.0. The van der Waals surface area contributed by atoms with E-state index in [4.69, 9.17) is 20.9 Å². The highest BCUT2D eigenvalue weighted by atomic mass is 16.5. The first-order valence-electron chi connectivity index (χ1n) is 6.14. The van der Waals surface area contributed by atoms with Crippen LogP contribution in [0.1, 0.15) is 5.56 Å². The Bertz CT molecular complexity index is 464. The van der Waals surface area contributed by atoms with Gasteiger partial charge >= 0.3 is 0 Å². The van der Waals surface area contributed by atoms with Crippen molar-refractivity contribution in [3.05, 3.63) is 23.8 Å². The van der Waals surface area contributed by atoms with Gasteiger partial charge in [0.15, 0.2) is 0 Å². The van der Waals surface area contributed by atoms with Crippen molar-refractivity contribution in [3.8, 4) is 5.75 Å². The fourth-order valence-electron chi connectivity index (χ4n) is 2.22. The Balaban J connectivity index is 2.14. The number of nitrogens with zero attached hydrogens (tertiary/aromatic N) is 1. The third-order valence-corrected chi connectivity index (χ3v) is 3.18. The van der Waals surface area contributed by atoms with Gasteiger partial charge in [0, 0.05) is 24.8 Å². The minimum absolute atomic E-state index is 0.342. The lowest BCUT2D eigenvalue weighted by Crippen LogP contribution is -2.51. The molecule has 1 aliphatic rings. The largest absolute Gasteiger partial charge is 0.497 e. The second-order valence-electron chi connectivity index (χ2n) is 4.58. The summed E-state index contributed by atoms with van der Waals surface area (Å²) in [6.45, 7) is 2.21. The summed E-state index contributed by atoms with van der Waals surface area (Å²) in [4.78, 5) is 13.4. The fraction of sp³-hybridized carbons (Fsp3) is 0.462. The van der Waals surface area contributed by atoms with Gasteiger partial charge in [-0.15, -0.1) is 0 Å². The zero-order valence-corrected chi connectivity index (χ0v) is 11.0. The van der Waals surface area contributed by atoms with Crippen molar-refractivity contribution in [2.45, 2.75) is 12.6 Å². The summed E-state index contributed by atoms with van der Waals surface area (Å²) >= 11 is 0. The van der Waals surface area contributed by atoms with E-state index in [9.17, 15) is 4.79 Å². The maximum Gasteiger partial charge on any atom is 0.237 e. The molecule has 1 atom stereocenters. The van der Waals surface area contributed by atoms with Gasteiger partial charge in [-0.1, -0.05) is 0 Å². The van der Waals surface area contributed by atoms with Crippen molar-refractivity contribution in [2.24, 2.45) is 5.73 Å². The van der Waals surface area contributed by atoms with Crippen LogP contribution in [0, 0.1) is 0 Å². The summed E-state index contributed by atoms with van der Waals surface area (Å²) in [5.41, 5.74) is 12.8. The van der Waals surface area contributed by atoms with Gasteiger partial charge in [0.05, 0.1) is 20.3 Å². The molecule has 1 aromatic carbocycles. The molecule has 1 saturated heterocycles. The van der Waals surface area contributed by atoms with Crippen LogP contribution in [0.25, 0.3) is 0 Å². The van der Waals surface area contributed by atoms with E-state index in [1.807, 2.05) is 17.0 Å². The summed E-state index contributed by atoms with van der Waals surface area (Å²) in [6.07, 6.45) is 0. The number of hydrogen-bond acceptors (Lipinski definition) is 5. The number of methoxy groups -OCH3 is 1. The van der Waals surface area contributed by atoms with Gasteiger partial charge in [-0.25, -0.2) is 0 Å². The van der Waals surface area contributed by atoms with Crippen molar-refractivity contribution in [3.63, 3.8) is 0 Å². The summed E-state index contributed by atoms with van der Waals surface area (Å²) in [6, 6.07) is 5.15. The Morgan fingerprint density at radius 1 is 1.53 bits per heavy atom. The van der Waals surface area contributed by atoms with E-state index in [1.54, 1.807) is 13.2 Å². The minimum atomic E-state index is -0.388. The lowest BCUT2D eigenvalue weighted by atomic mass is 10.1. The first-order valence-corrected chi connectivity index (χ1v) is 6.14. The second kappa shape index (κ2) is 5.90. The van der Waals surface area contributed by atoms with Crippen LogP contribution in [0.3, 0.4) is 0 Å². The van der Waals surface area contributed by atoms with Crippen molar-refractivity contribution in [1.82, 2.24) is 4.90 Å². The van der Waals surface area contributed by atoms with Gasteiger partial charge in [-0.05, 0) is 17.7 Å². The number of hydrogen-bond donors (Lipinski definition) is 2. The normalized spacial score (nSPS) is 20.2. The van der Waals surface area contributed by atoms with Gasteiger partial charge in [-0.2, -0.15) is 0 Å². The minimum Gasteiger partial charge on any atom is -0.497 e. The number of morpholine rings is 1. The molecule has 6 heteroatoms. The summed E-state index contributed by atoms with van der Waals surface area (Å²) in [7, 11) is 1.60. The lowest BCUT2D eigenvalue weighted by Gasteiger charge is -2.33. The van der Waals surface area contributed by atoms with E-state index in [1.165, 1.54) is 0 Å². The molecule has 19 heavy (non-hydrogen) atoms. The molecule has 0 radical (unpaired) electrons. The Labute approximate surface area is 112 Å². The first-order chi connectivity index (χ1) is 9.10. The van der Waals surface area contributed by atoms with Crippen molar-refractivity contribution in [1.29, 1.82) is 0 Å². The van der Waals surface area contributed by atoms with Crippen LogP contribution in [0.4, 0.5) is 5.69 Å². The van der Waals surface area contributed by atoms with Crippen LogP contribution >= 0.6 is 0 Å². The number of benzene rings is 1. The molecule has 0 aromatic heterocycles. The Kier molecular flexibility index (Phi) is 4.24. The lowest BCUT2D eigenvalue weighted by molar-refractivity contribution is -0.129.